The summed E-state index contributed by atoms with van der Waals surface area (Å²) < 4.78 is 4.97. The van der Waals surface area contributed by atoms with Crippen molar-refractivity contribution in [3.05, 3.63) is 0 Å². The number of hydrogen-bond acceptors (Lipinski definition) is 3. The van der Waals surface area contributed by atoms with Gasteiger partial charge in [-0.25, -0.2) is 0 Å². The highest BCUT2D eigenvalue weighted by Gasteiger charge is 2.24. The standard InChI is InChI=1S/C11H22N2O2.ClH/c1-8-6-12-5-4-10(8)13-11(14)9(2)7-15-3;/h8-10,12H,4-7H2,1-3H3,(H,13,14);1H. The molecule has 96 valence electrons. The molecule has 1 heterocycles. The van der Waals surface area contributed by atoms with E-state index in [1.165, 1.54) is 0 Å². The molecule has 0 bridgehead atoms. The molecule has 0 saturated carbocycles. The topological polar surface area (TPSA) is 50.4 Å². The van der Waals surface area contributed by atoms with Crippen molar-refractivity contribution in [1.29, 1.82) is 0 Å². The minimum absolute atomic E-state index is 0. The predicted molar refractivity (Wildman–Crippen MR) is 66.9 cm³/mol. The van der Waals surface area contributed by atoms with Crippen molar-refractivity contribution < 1.29 is 9.53 Å². The summed E-state index contributed by atoms with van der Waals surface area (Å²) in [6.07, 6.45) is 1.02. The van der Waals surface area contributed by atoms with Gasteiger partial charge < -0.3 is 15.4 Å². The van der Waals surface area contributed by atoms with Crippen LogP contribution in [0.5, 0.6) is 0 Å². The fourth-order valence-electron chi connectivity index (χ4n) is 1.88. The van der Waals surface area contributed by atoms with Gasteiger partial charge in [0.25, 0.3) is 0 Å². The number of ether oxygens (including phenoxy) is 1. The number of piperidine rings is 1. The summed E-state index contributed by atoms with van der Waals surface area (Å²) in [5, 5.41) is 6.41. The second-order valence-electron chi connectivity index (χ2n) is 4.44. The smallest absolute Gasteiger partial charge is 0.225 e. The molecule has 1 fully saturated rings. The van der Waals surface area contributed by atoms with Crippen molar-refractivity contribution >= 4 is 18.3 Å². The molecule has 3 unspecified atom stereocenters. The van der Waals surface area contributed by atoms with Crippen LogP contribution in [0.3, 0.4) is 0 Å². The van der Waals surface area contributed by atoms with Gasteiger partial charge in [0.05, 0.1) is 12.5 Å². The van der Waals surface area contributed by atoms with Gasteiger partial charge in [0.2, 0.25) is 5.91 Å². The molecule has 1 amide bonds. The van der Waals surface area contributed by atoms with Crippen molar-refractivity contribution in [2.24, 2.45) is 11.8 Å². The Morgan fingerprint density at radius 3 is 2.88 bits per heavy atom. The Hall–Kier alpha value is -0.320. The second kappa shape index (κ2) is 7.87. The van der Waals surface area contributed by atoms with Gasteiger partial charge in [-0.1, -0.05) is 13.8 Å². The third kappa shape index (κ3) is 4.68. The summed E-state index contributed by atoms with van der Waals surface area (Å²) in [6, 6.07) is 0.318. The minimum Gasteiger partial charge on any atom is -0.384 e. The van der Waals surface area contributed by atoms with E-state index < -0.39 is 0 Å². The van der Waals surface area contributed by atoms with Crippen molar-refractivity contribution in [2.75, 3.05) is 26.8 Å². The minimum atomic E-state index is -0.0583. The second-order valence-corrected chi connectivity index (χ2v) is 4.44. The normalized spacial score (nSPS) is 26.7. The average molecular weight is 251 g/mol. The lowest BCUT2D eigenvalue weighted by molar-refractivity contribution is -0.127. The first-order chi connectivity index (χ1) is 7.15. The fraction of sp³-hybridized carbons (Fsp3) is 0.909. The van der Waals surface area contributed by atoms with Gasteiger partial charge in [-0.3, -0.25) is 4.79 Å². The molecule has 2 N–H and O–H groups in total. The van der Waals surface area contributed by atoms with Gasteiger partial charge in [-0.2, -0.15) is 0 Å². The molecule has 3 atom stereocenters. The summed E-state index contributed by atoms with van der Waals surface area (Å²) in [5.41, 5.74) is 0. The number of halogens is 1. The Kier molecular flexibility index (Phi) is 7.72. The van der Waals surface area contributed by atoms with Crippen LogP contribution in [-0.4, -0.2) is 38.8 Å². The summed E-state index contributed by atoms with van der Waals surface area (Å²) in [4.78, 5) is 11.7. The largest absolute Gasteiger partial charge is 0.384 e. The van der Waals surface area contributed by atoms with Crippen LogP contribution in [0.15, 0.2) is 0 Å². The Labute approximate surface area is 104 Å². The van der Waals surface area contributed by atoms with Crippen LogP contribution in [0.2, 0.25) is 0 Å². The van der Waals surface area contributed by atoms with Crippen molar-refractivity contribution in [3.8, 4) is 0 Å². The number of nitrogens with one attached hydrogen (secondary N) is 2. The van der Waals surface area contributed by atoms with Crippen molar-refractivity contribution in [2.45, 2.75) is 26.3 Å². The maximum Gasteiger partial charge on any atom is 0.225 e. The highest BCUT2D eigenvalue weighted by Crippen LogP contribution is 2.11. The zero-order valence-electron chi connectivity index (χ0n) is 10.3. The summed E-state index contributed by atoms with van der Waals surface area (Å²) >= 11 is 0. The van der Waals surface area contributed by atoms with Gasteiger partial charge >= 0.3 is 0 Å². The Morgan fingerprint density at radius 2 is 2.31 bits per heavy atom. The number of amides is 1. The summed E-state index contributed by atoms with van der Waals surface area (Å²) in [7, 11) is 1.62. The first-order valence-electron chi connectivity index (χ1n) is 5.65. The predicted octanol–water partition coefficient (Wildman–Crippen LogP) is 0.805. The first-order valence-corrected chi connectivity index (χ1v) is 5.65. The number of hydrogen-bond donors (Lipinski definition) is 2. The molecule has 0 spiro atoms. The van der Waals surface area contributed by atoms with Crippen LogP contribution in [0, 0.1) is 11.8 Å². The lowest BCUT2D eigenvalue weighted by atomic mass is 9.95. The van der Waals surface area contributed by atoms with E-state index in [4.69, 9.17) is 4.74 Å². The Morgan fingerprint density at radius 1 is 1.62 bits per heavy atom. The summed E-state index contributed by atoms with van der Waals surface area (Å²) in [6.45, 7) is 6.53. The highest BCUT2D eigenvalue weighted by molar-refractivity contribution is 5.85. The van der Waals surface area contributed by atoms with E-state index in [0.717, 1.165) is 19.5 Å². The lowest BCUT2D eigenvalue weighted by Gasteiger charge is -2.31. The van der Waals surface area contributed by atoms with E-state index in [1.807, 2.05) is 6.92 Å². The van der Waals surface area contributed by atoms with E-state index in [9.17, 15) is 4.79 Å². The van der Waals surface area contributed by atoms with Crippen LogP contribution in [0.1, 0.15) is 20.3 Å². The van der Waals surface area contributed by atoms with Gasteiger partial charge in [0.1, 0.15) is 0 Å². The molecule has 0 aromatic carbocycles. The molecule has 0 aliphatic carbocycles. The number of methoxy groups -OCH3 is 1. The number of carbonyl (C=O) groups is 1. The van der Waals surface area contributed by atoms with Gasteiger partial charge in [0.15, 0.2) is 0 Å². The molecule has 5 heteroatoms. The molecule has 0 aromatic heterocycles. The van der Waals surface area contributed by atoms with E-state index in [1.54, 1.807) is 7.11 Å². The average Bonchev–Trinajstić information content (AvgIpc) is 2.21. The molecule has 1 rings (SSSR count). The first kappa shape index (κ1) is 15.7. The molecule has 1 aliphatic rings. The molecule has 4 nitrogen and oxygen atoms in total. The van der Waals surface area contributed by atoms with Crippen LogP contribution < -0.4 is 10.6 Å². The molecule has 16 heavy (non-hydrogen) atoms. The van der Waals surface area contributed by atoms with E-state index >= 15 is 0 Å². The third-order valence-electron chi connectivity index (χ3n) is 2.98. The maximum atomic E-state index is 11.7. The lowest BCUT2D eigenvalue weighted by Crippen LogP contribution is -2.49. The van der Waals surface area contributed by atoms with Gasteiger partial charge in [-0.05, 0) is 25.4 Å². The highest BCUT2D eigenvalue weighted by atomic mass is 35.5. The number of carbonyl (C=O) groups excluding carboxylic acids is 1. The van der Waals surface area contributed by atoms with Crippen LogP contribution in [0.4, 0.5) is 0 Å². The molecule has 1 aliphatic heterocycles. The van der Waals surface area contributed by atoms with Crippen LogP contribution in [-0.2, 0) is 9.53 Å². The monoisotopic (exact) mass is 250 g/mol. The summed E-state index contributed by atoms with van der Waals surface area (Å²) in [5.74, 6) is 0.560. The third-order valence-corrected chi connectivity index (χ3v) is 2.98. The Balaban J connectivity index is 0.00000225. The molecule has 1 saturated heterocycles. The van der Waals surface area contributed by atoms with E-state index in [-0.39, 0.29) is 24.2 Å². The molecule has 0 radical (unpaired) electrons. The van der Waals surface area contributed by atoms with Crippen molar-refractivity contribution in [3.63, 3.8) is 0 Å². The van der Waals surface area contributed by atoms with E-state index in [2.05, 4.69) is 17.6 Å². The molecular formula is C11H23ClN2O2. The molecular weight excluding hydrogens is 228 g/mol. The number of rotatable bonds is 4. The molecule has 0 aromatic rings. The Bertz CT molecular complexity index is 214. The fourth-order valence-corrected chi connectivity index (χ4v) is 1.88. The van der Waals surface area contributed by atoms with Gasteiger partial charge in [0, 0.05) is 13.2 Å². The van der Waals surface area contributed by atoms with Gasteiger partial charge in [-0.15, -0.1) is 12.4 Å². The van der Waals surface area contributed by atoms with Crippen LogP contribution in [0.25, 0.3) is 0 Å². The maximum absolute atomic E-state index is 11.7. The SMILES string of the molecule is COCC(C)C(=O)NC1CCNCC1C.Cl. The zero-order valence-corrected chi connectivity index (χ0v) is 11.1. The quantitative estimate of drug-likeness (QED) is 0.776. The van der Waals surface area contributed by atoms with Crippen LogP contribution >= 0.6 is 12.4 Å². The zero-order chi connectivity index (χ0) is 11.3. The van der Waals surface area contributed by atoms with Crippen molar-refractivity contribution in [1.82, 2.24) is 10.6 Å². The van der Waals surface area contributed by atoms with E-state index in [0.29, 0.717) is 18.6 Å².